The fraction of sp³-hybridized carbons (Fsp3) is 0.316. The molecule has 0 bridgehead atoms. The van der Waals surface area contributed by atoms with E-state index >= 15 is 0 Å². The lowest BCUT2D eigenvalue weighted by atomic mass is 10.1. The van der Waals surface area contributed by atoms with Crippen LogP contribution in [0.15, 0.2) is 36.4 Å². The minimum Gasteiger partial charge on any atom is -0.495 e. The van der Waals surface area contributed by atoms with Gasteiger partial charge >= 0.3 is 0 Å². The Morgan fingerprint density at radius 1 is 1.35 bits per heavy atom. The number of amides is 1. The quantitative estimate of drug-likeness (QED) is 0.839. The molecule has 138 valence electrons. The van der Waals surface area contributed by atoms with E-state index in [1.807, 2.05) is 23.1 Å². The van der Waals surface area contributed by atoms with Crippen LogP contribution in [0.4, 0.5) is 5.69 Å². The fourth-order valence-corrected chi connectivity index (χ4v) is 3.14. The van der Waals surface area contributed by atoms with E-state index in [1.165, 1.54) is 0 Å². The Kier molecular flexibility index (Phi) is 5.98. The lowest BCUT2D eigenvalue weighted by molar-refractivity contribution is -0.117. The van der Waals surface area contributed by atoms with Gasteiger partial charge in [0.1, 0.15) is 18.1 Å². The molecule has 26 heavy (non-hydrogen) atoms. The Morgan fingerprint density at radius 3 is 2.92 bits per heavy atom. The Morgan fingerprint density at radius 2 is 2.19 bits per heavy atom. The zero-order chi connectivity index (χ0) is 18.5. The monoisotopic (exact) mass is 376 g/mol. The number of anilines is 1. The normalized spacial score (nSPS) is 14.1. The van der Waals surface area contributed by atoms with Crippen LogP contribution in [-0.4, -0.2) is 42.7 Å². The van der Waals surface area contributed by atoms with E-state index in [1.54, 1.807) is 25.3 Å². The number of halogens is 1. The molecule has 7 heteroatoms. The molecule has 2 aromatic carbocycles. The molecule has 1 amide bonds. The molecule has 0 spiro atoms. The van der Waals surface area contributed by atoms with Crippen LogP contribution in [-0.2, 0) is 17.9 Å². The number of aliphatic hydroxyl groups is 1. The first-order valence-electron chi connectivity index (χ1n) is 8.30. The Bertz CT molecular complexity index is 797. The van der Waals surface area contributed by atoms with Crippen LogP contribution in [0.3, 0.4) is 0 Å². The van der Waals surface area contributed by atoms with Gasteiger partial charge in [-0.1, -0.05) is 17.7 Å². The summed E-state index contributed by atoms with van der Waals surface area (Å²) < 4.78 is 10.8. The number of carbonyl (C=O) groups is 1. The molecule has 0 saturated carbocycles. The second-order valence-electron chi connectivity index (χ2n) is 6.06. The summed E-state index contributed by atoms with van der Waals surface area (Å²) in [7, 11) is 1.54. The molecule has 1 heterocycles. The maximum atomic E-state index is 12.4. The Labute approximate surface area is 157 Å². The van der Waals surface area contributed by atoms with E-state index in [0.29, 0.717) is 36.2 Å². The van der Waals surface area contributed by atoms with Crippen molar-refractivity contribution in [2.24, 2.45) is 0 Å². The Balaban J connectivity index is 1.64. The molecular weight excluding hydrogens is 356 g/mol. The predicted octanol–water partition coefficient (Wildman–Crippen LogP) is 2.67. The maximum absolute atomic E-state index is 12.4. The summed E-state index contributed by atoms with van der Waals surface area (Å²) in [6.07, 6.45) is 0. The van der Waals surface area contributed by atoms with Crippen molar-refractivity contribution in [1.29, 1.82) is 0 Å². The number of nitrogens with one attached hydrogen (secondary N) is 1. The maximum Gasteiger partial charge on any atom is 0.238 e. The first kappa shape index (κ1) is 18.5. The standard InChI is InChI=1S/C19H21ClN2O4/c1-25-18-5-3-15(9-16(18)20)21-19(24)11-22-6-7-26-17-4-2-13(12-23)8-14(17)10-22/h2-5,8-9,23H,6-7,10-12H2,1H3,(H,21,24). The van der Waals surface area contributed by atoms with E-state index in [0.717, 1.165) is 16.9 Å². The van der Waals surface area contributed by atoms with Crippen LogP contribution in [0.1, 0.15) is 11.1 Å². The number of nitrogens with zero attached hydrogens (tertiary/aromatic N) is 1. The Hall–Kier alpha value is -2.28. The molecule has 2 aromatic rings. The van der Waals surface area contributed by atoms with E-state index in [4.69, 9.17) is 21.1 Å². The van der Waals surface area contributed by atoms with Crippen molar-refractivity contribution in [3.8, 4) is 11.5 Å². The minimum absolute atomic E-state index is 0.0218. The van der Waals surface area contributed by atoms with Crippen LogP contribution in [0.2, 0.25) is 5.02 Å². The van der Waals surface area contributed by atoms with Crippen LogP contribution < -0.4 is 14.8 Å². The third-order valence-corrected chi connectivity index (χ3v) is 4.46. The highest BCUT2D eigenvalue weighted by Gasteiger charge is 2.18. The highest BCUT2D eigenvalue weighted by atomic mass is 35.5. The van der Waals surface area contributed by atoms with Gasteiger partial charge in [0.2, 0.25) is 5.91 Å². The number of benzene rings is 2. The van der Waals surface area contributed by atoms with Crippen LogP contribution >= 0.6 is 11.6 Å². The van der Waals surface area contributed by atoms with E-state index < -0.39 is 0 Å². The molecule has 0 atom stereocenters. The van der Waals surface area contributed by atoms with E-state index in [-0.39, 0.29) is 19.1 Å². The van der Waals surface area contributed by atoms with Crippen LogP contribution in [0.25, 0.3) is 0 Å². The van der Waals surface area contributed by atoms with Gasteiger partial charge < -0.3 is 19.9 Å². The summed E-state index contributed by atoms with van der Waals surface area (Å²) in [4.78, 5) is 14.4. The number of hydrogen-bond acceptors (Lipinski definition) is 5. The second kappa shape index (κ2) is 8.40. The van der Waals surface area contributed by atoms with Gasteiger partial charge in [0.15, 0.2) is 0 Å². The summed E-state index contributed by atoms with van der Waals surface area (Å²) in [5.74, 6) is 1.23. The van der Waals surface area contributed by atoms with Gasteiger partial charge in [0, 0.05) is 24.3 Å². The van der Waals surface area contributed by atoms with Gasteiger partial charge in [-0.25, -0.2) is 0 Å². The first-order valence-corrected chi connectivity index (χ1v) is 8.68. The topological polar surface area (TPSA) is 71.0 Å². The highest BCUT2D eigenvalue weighted by Crippen LogP contribution is 2.27. The number of rotatable bonds is 5. The van der Waals surface area contributed by atoms with Gasteiger partial charge in [-0.2, -0.15) is 0 Å². The smallest absolute Gasteiger partial charge is 0.238 e. The van der Waals surface area contributed by atoms with Gasteiger partial charge in [-0.15, -0.1) is 0 Å². The van der Waals surface area contributed by atoms with Crippen LogP contribution in [0, 0.1) is 0 Å². The fourth-order valence-electron chi connectivity index (χ4n) is 2.88. The molecular formula is C19H21ClN2O4. The van der Waals surface area contributed by atoms with Crippen molar-refractivity contribution in [2.75, 3.05) is 32.1 Å². The summed E-state index contributed by atoms with van der Waals surface area (Å²) in [6.45, 7) is 1.94. The number of ether oxygens (including phenoxy) is 2. The zero-order valence-corrected chi connectivity index (χ0v) is 15.3. The van der Waals surface area contributed by atoms with Crippen molar-refractivity contribution < 1.29 is 19.4 Å². The summed E-state index contributed by atoms with van der Waals surface area (Å²) >= 11 is 6.09. The molecule has 2 N–H and O–H groups in total. The molecule has 0 radical (unpaired) electrons. The lowest BCUT2D eigenvalue weighted by Gasteiger charge is -2.19. The SMILES string of the molecule is COc1ccc(NC(=O)CN2CCOc3ccc(CO)cc3C2)cc1Cl. The number of hydrogen-bond donors (Lipinski definition) is 2. The second-order valence-corrected chi connectivity index (χ2v) is 6.46. The molecule has 1 aliphatic rings. The number of aliphatic hydroxyl groups excluding tert-OH is 1. The van der Waals surface area contributed by atoms with Gasteiger partial charge in [-0.3, -0.25) is 9.69 Å². The van der Waals surface area contributed by atoms with E-state index in [2.05, 4.69) is 5.32 Å². The van der Waals surface area contributed by atoms with Crippen LogP contribution in [0.5, 0.6) is 11.5 Å². The molecule has 1 aliphatic heterocycles. The number of methoxy groups -OCH3 is 1. The molecule has 0 aromatic heterocycles. The minimum atomic E-state index is -0.131. The van der Waals surface area contributed by atoms with Gasteiger partial charge in [0.05, 0.1) is 25.3 Å². The average Bonchev–Trinajstić information content (AvgIpc) is 2.82. The van der Waals surface area contributed by atoms with Crippen molar-refractivity contribution in [2.45, 2.75) is 13.2 Å². The lowest BCUT2D eigenvalue weighted by Crippen LogP contribution is -2.34. The van der Waals surface area contributed by atoms with Crippen molar-refractivity contribution in [3.05, 3.63) is 52.5 Å². The van der Waals surface area contributed by atoms with Crippen molar-refractivity contribution in [3.63, 3.8) is 0 Å². The molecule has 0 saturated heterocycles. The third kappa shape index (κ3) is 4.46. The predicted molar refractivity (Wildman–Crippen MR) is 99.8 cm³/mol. The first-order chi connectivity index (χ1) is 12.6. The average molecular weight is 377 g/mol. The van der Waals surface area contributed by atoms with Gasteiger partial charge in [-0.05, 0) is 35.9 Å². The summed E-state index contributed by atoms with van der Waals surface area (Å²) in [5, 5.41) is 12.6. The van der Waals surface area contributed by atoms with E-state index in [9.17, 15) is 9.90 Å². The molecule has 6 nitrogen and oxygen atoms in total. The molecule has 0 unspecified atom stereocenters. The molecule has 0 aliphatic carbocycles. The summed E-state index contributed by atoms with van der Waals surface area (Å²) in [5.41, 5.74) is 2.41. The molecule has 0 fully saturated rings. The summed E-state index contributed by atoms with van der Waals surface area (Å²) in [6, 6.07) is 10.7. The van der Waals surface area contributed by atoms with Gasteiger partial charge in [0.25, 0.3) is 0 Å². The third-order valence-electron chi connectivity index (χ3n) is 4.17. The van der Waals surface area contributed by atoms with Crippen molar-refractivity contribution in [1.82, 2.24) is 4.90 Å². The largest absolute Gasteiger partial charge is 0.495 e. The highest BCUT2D eigenvalue weighted by molar-refractivity contribution is 6.32. The zero-order valence-electron chi connectivity index (χ0n) is 14.5. The van der Waals surface area contributed by atoms with Crippen molar-refractivity contribution >= 4 is 23.2 Å². The number of fused-ring (bicyclic) bond motifs is 1. The molecule has 3 rings (SSSR count). The number of carbonyl (C=O) groups excluding carboxylic acids is 1.